The smallest absolute Gasteiger partial charge is 0.410 e. The molecule has 0 aromatic heterocycles. The lowest BCUT2D eigenvalue weighted by molar-refractivity contribution is -0.192. The molecule has 0 unspecified atom stereocenters. The quantitative estimate of drug-likeness (QED) is 0.0527. The van der Waals surface area contributed by atoms with Crippen LogP contribution in [0.3, 0.4) is 0 Å². The van der Waals surface area contributed by atoms with Crippen LogP contribution in [0.5, 0.6) is 0 Å². The van der Waals surface area contributed by atoms with Gasteiger partial charge in [-0.1, -0.05) is 170 Å². The monoisotopic (exact) mass is 774 g/mol. The number of fused-ring (bicyclic) bond motifs is 1. The minimum absolute atomic E-state index is 0.0542. The van der Waals surface area contributed by atoms with Gasteiger partial charge in [-0.15, -0.1) is 0 Å². The second-order valence-electron chi connectivity index (χ2n) is 16.7. The molecule has 0 bridgehead atoms. The van der Waals surface area contributed by atoms with Crippen molar-refractivity contribution in [2.24, 2.45) is 0 Å². The van der Waals surface area contributed by atoms with Crippen LogP contribution >= 0.6 is 0 Å². The average Bonchev–Trinajstić information content (AvgIpc) is 3.76. The molecule has 2 fully saturated rings. The Morgan fingerprint density at radius 1 is 0.607 bits per heavy atom. The van der Waals surface area contributed by atoms with Crippen LogP contribution < -0.4 is 0 Å². The van der Waals surface area contributed by atoms with Gasteiger partial charge in [0.1, 0.15) is 6.61 Å². The van der Waals surface area contributed by atoms with E-state index < -0.39 is 5.79 Å². The molecule has 1 amide bonds. The van der Waals surface area contributed by atoms with Crippen LogP contribution in [0.25, 0.3) is 0 Å². The van der Waals surface area contributed by atoms with Gasteiger partial charge < -0.3 is 19.1 Å². The highest BCUT2D eigenvalue weighted by molar-refractivity contribution is 5.67. The van der Waals surface area contributed by atoms with Gasteiger partial charge in [0.2, 0.25) is 0 Å². The van der Waals surface area contributed by atoms with Gasteiger partial charge in [0.25, 0.3) is 0 Å². The maximum Gasteiger partial charge on any atom is 0.410 e. The third kappa shape index (κ3) is 21.2. The van der Waals surface area contributed by atoms with Crippen LogP contribution in [0.1, 0.15) is 199 Å². The Balaban J connectivity index is 1.33. The first-order valence-corrected chi connectivity index (χ1v) is 23.5. The van der Waals surface area contributed by atoms with E-state index in [0.717, 1.165) is 56.9 Å². The fraction of sp³-hybridized carbons (Fsp3) is 0.706. The molecule has 1 aromatic carbocycles. The molecule has 2 aliphatic rings. The van der Waals surface area contributed by atoms with Crippen LogP contribution in [-0.4, -0.2) is 42.1 Å². The van der Waals surface area contributed by atoms with Gasteiger partial charge in [-0.05, 0) is 95.5 Å². The van der Waals surface area contributed by atoms with Crippen molar-refractivity contribution in [2.45, 2.75) is 224 Å². The topological polar surface area (TPSA) is 48.0 Å². The molecule has 1 saturated heterocycles. The van der Waals surface area contributed by atoms with Crippen LogP contribution in [0.15, 0.2) is 78.9 Å². The van der Waals surface area contributed by atoms with Crippen molar-refractivity contribution in [1.29, 1.82) is 0 Å². The van der Waals surface area contributed by atoms with Crippen molar-refractivity contribution in [1.82, 2.24) is 4.90 Å². The first kappa shape index (κ1) is 47.7. The Morgan fingerprint density at radius 3 is 1.46 bits per heavy atom. The van der Waals surface area contributed by atoms with Crippen LogP contribution in [0, 0.1) is 0 Å². The number of nitrogens with zero attached hydrogens (tertiary/aromatic N) is 1. The largest absolute Gasteiger partial charge is 0.445 e. The fourth-order valence-electron chi connectivity index (χ4n) is 8.18. The normalized spacial score (nSPS) is 19.3. The molecule has 3 rings (SSSR count). The second kappa shape index (κ2) is 31.4. The molecular formula is C51H83NO4. The summed E-state index contributed by atoms with van der Waals surface area (Å²) in [5, 5.41) is 0. The van der Waals surface area contributed by atoms with Crippen LogP contribution in [0.2, 0.25) is 0 Å². The summed E-state index contributed by atoms with van der Waals surface area (Å²) in [6.07, 6.45) is 52.3. The summed E-state index contributed by atoms with van der Waals surface area (Å²) in [6.45, 7) is 4.82. The summed E-state index contributed by atoms with van der Waals surface area (Å²) >= 11 is 0. The summed E-state index contributed by atoms with van der Waals surface area (Å²) in [5.41, 5.74) is 1.00. The minimum Gasteiger partial charge on any atom is -0.445 e. The second-order valence-corrected chi connectivity index (χ2v) is 16.7. The number of hydrogen-bond acceptors (Lipinski definition) is 4. The Labute approximate surface area is 344 Å². The summed E-state index contributed by atoms with van der Waals surface area (Å²) in [4.78, 5) is 14.7. The number of unbranched alkanes of at least 4 members (excludes halogenated alkanes) is 18. The number of allylic oxidation sites excluding steroid dienone is 8. The zero-order chi connectivity index (χ0) is 39.8. The molecule has 0 radical (unpaired) electrons. The number of amides is 1. The van der Waals surface area contributed by atoms with Crippen molar-refractivity contribution >= 4 is 6.09 Å². The number of carbonyl (C=O) groups is 1. The molecule has 1 saturated carbocycles. The van der Waals surface area contributed by atoms with E-state index in [1.54, 1.807) is 4.90 Å². The van der Waals surface area contributed by atoms with E-state index in [1.807, 2.05) is 37.4 Å². The van der Waals surface area contributed by atoms with Gasteiger partial charge in [-0.25, -0.2) is 4.79 Å². The Bertz CT molecular complexity index is 1160. The molecule has 316 valence electrons. The average molecular weight is 774 g/mol. The van der Waals surface area contributed by atoms with Crippen molar-refractivity contribution in [3.8, 4) is 0 Å². The third-order valence-corrected chi connectivity index (χ3v) is 11.7. The van der Waals surface area contributed by atoms with Gasteiger partial charge in [0, 0.05) is 25.9 Å². The first-order valence-electron chi connectivity index (χ1n) is 23.5. The Kier molecular flexibility index (Phi) is 26.7. The van der Waals surface area contributed by atoms with Gasteiger partial charge >= 0.3 is 6.09 Å². The first-order chi connectivity index (χ1) is 27.6. The molecule has 56 heavy (non-hydrogen) atoms. The zero-order valence-electron chi connectivity index (χ0n) is 36.3. The van der Waals surface area contributed by atoms with E-state index in [-0.39, 0.29) is 24.3 Å². The number of benzene rings is 1. The van der Waals surface area contributed by atoms with Crippen molar-refractivity contribution in [3.05, 3.63) is 84.5 Å². The predicted molar refractivity (Wildman–Crippen MR) is 238 cm³/mol. The van der Waals surface area contributed by atoms with Gasteiger partial charge in [-0.2, -0.15) is 0 Å². The third-order valence-electron chi connectivity index (χ3n) is 11.7. The lowest BCUT2D eigenvalue weighted by Gasteiger charge is -2.31. The standard InChI is InChI=1S/C51H83NO4/c1-4-6-8-10-12-14-16-18-20-22-24-26-28-30-32-37-41-51(42-38-33-31-29-27-25-23-21-19-17-15-13-11-9-7-5-2)55-48-43-47(44-49(48)56-51)52(3)50(53)54-45-46-39-35-34-36-40-46/h12-15,18-21,34-36,39-40,47-49H,4-11,16-17,22-33,37-38,41-45H2,1-3H3/b14-12-,15-13-,20-18-,21-19-/t47-,48-,49+. The number of carbonyl (C=O) groups excluding carboxylic acids is 1. The van der Waals surface area contributed by atoms with Gasteiger partial charge in [0.15, 0.2) is 5.79 Å². The highest BCUT2D eigenvalue weighted by Gasteiger charge is 2.52. The summed E-state index contributed by atoms with van der Waals surface area (Å²) in [6, 6.07) is 9.96. The predicted octanol–water partition coefficient (Wildman–Crippen LogP) is 15.3. The molecule has 1 aliphatic heterocycles. The summed E-state index contributed by atoms with van der Waals surface area (Å²) < 4.78 is 19.4. The Morgan fingerprint density at radius 2 is 1.02 bits per heavy atom. The van der Waals surface area contributed by atoms with E-state index >= 15 is 0 Å². The van der Waals surface area contributed by atoms with Gasteiger partial charge in [-0.3, -0.25) is 0 Å². The summed E-state index contributed by atoms with van der Waals surface area (Å²) in [7, 11) is 1.86. The molecule has 5 nitrogen and oxygen atoms in total. The highest BCUT2D eigenvalue weighted by atomic mass is 16.8. The highest BCUT2D eigenvalue weighted by Crippen LogP contribution is 2.45. The van der Waals surface area contributed by atoms with Crippen LogP contribution in [0.4, 0.5) is 4.79 Å². The van der Waals surface area contributed by atoms with E-state index in [4.69, 9.17) is 14.2 Å². The molecule has 0 N–H and O–H groups in total. The van der Waals surface area contributed by atoms with Crippen molar-refractivity contribution in [2.75, 3.05) is 7.05 Å². The van der Waals surface area contributed by atoms with E-state index in [0.29, 0.717) is 6.61 Å². The van der Waals surface area contributed by atoms with Gasteiger partial charge in [0.05, 0.1) is 12.2 Å². The number of rotatable bonds is 33. The van der Waals surface area contributed by atoms with Crippen LogP contribution in [-0.2, 0) is 20.8 Å². The Hall–Kier alpha value is -2.63. The molecule has 3 atom stereocenters. The van der Waals surface area contributed by atoms with E-state index in [9.17, 15) is 4.79 Å². The van der Waals surface area contributed by atoms with Crippen molar-refractivity contribution in [3.63, 3.8) is 0 Å². The lowest BCUT2D eigenvalue weighted by Crippen LogP contribution is -2.38. The van der Waals surface area contributed by atoms with Crippen molar-refractivity contribution < 1.29 is 19.0 Å². The number of ether oxygens (including phenoxy) is 3. The van der Waals surface area contributed by atoms with E-state index in [1.165, 1.54) is 128 Å². The van der Waals surface area contributed by atoms with E-state index in [2.05, 4.69) is 62.5 Å². The fourth-order valence-corrected chi connectivity index (χ4v) is 8.18. The molecule has 1 heterocycles. The maximum absolute atomic E-state index is 12.9. The molecule has 0 spiro atoms. The SMILES string of the molecule is CCCCC/C=C\C/C=C\CCCCCCCCC1(CCCCCCCC/C=C\C/C=C\CCCCC)O[C@H]2C[C@H](N(C)C(=O)OCc3ccccc3)C[C@H]2O1. The molecule has 1 aromatic rings. The molecule has 5 heteroatoms. The summed E-state index contributed by atoms with van der Waals surface area (Å²) in [5.74, 6) is -0.461. The maximum atomic E-state index is 12.9. The molecule has 1 aliphatic carbocycles. The zero-order valence-corrected chi connectivity index (χ0v) is 36.3. The lowest BCUT2D eigenvalue weighted by atomic mass is 9.98. The minimum atomic E-state index is -0.461. The molecular weight excluding hydrogens is 691 g/mol. The number of hydrogen-bond donors (Lipinski definition) is 0.